The van der Waals surface area contributed by atoms with Gasteiger partial charge in [-0.25, -0.2) is 0 Å². The second kappa shape index (κ2) is 9.19. The van der Waals surface area contributed by atoms with E-state index < -0.39 is 0 Å². The van der Waals surface area contributed by atoms with E-state index in [-0.39, 0.29) is 16.3 Å². The summed E-state index contributed by atoms with van der Waals surface area (Å²) < 4.78 is 10.9. The molecule has 2 aromatic carbocycles. The van der Waals surface area contributed by atoms with Crippen LogP contribution in [0.4, 0.5) is 0 Å². The standard InChI is InChI=1S/C21H22O3S2/c1-23-18-11-9-15(14-19(18)24-2)8-10-17(21-25-12-13-26-21)20(22)16-6-4-3-5-7-16/h3-11,14,17,21H,12-13H2,1-2H3/b10-8+. The summed E-state index contributed by atoms with van der Waals surface area (Å²) in [6, 6.07) is 15.3. The summed E-state index contributed by atoms with van der Waals surface area (Å²) in [4.78, 5) is 13.1. The third-order valence-corrected chi connectivity index (χ3v) is 7.40. The Morgan fingerprint density at radius 1 is 1.04 bits per heavy atom. The number of allylic oxidation sites excluding steroid dienone is 1. The Morgan fingerprint density at radius 3 is 2.38 bits per heavy atom. The van der Waals surface area contributed by atoms with E-state index in [0.717, 1.165) is 22.6 Å². The molecule has 1 atom stereocenters. The van der Waals surface area contributed by atoms with Gasteiger partial charge in [-0.2, -0.15) is 0 Å². The molecule has 3 nitrogen and oxygen atoms in total. The van der Waals surface area contributed by atoms with E-state index in [1.54, 1.807) is 14.2 Å². The lowest BCUT2D eigenvalue weighted by Crippen LogP contribution is -2.20. The highest BCUT2D eigenvalue weighted by Crippen LogP contribution is 2.39. The molecular formula is C21H22O3S2. The fraction of sp³-hybridized carbons (Fsp3) is 0.286. The molecule has 1 fully saturated rings. The molecule has 0 amide bonds. The molecule has 136 valence electrons. The van der Waals surface area contributed by atoms with Gasteiger partial charge >= 0.3 is 0 Å². The van der Waals surface area contributed by atoms with Crippen LogP contribution in [-0.4, -0.2) is 36.1 Å². The zero-order valence-corrected chi connectivity index (χ0v) is 16.5. The van der Waals surface area contributed by atoms with E-state index in [2.05, 4.69) is 0 Å². The summed E-state index contributed by atoms with van der Waals surface area (Å²) in [7, 11) is 3.25. The highest BCUT2D eigenvalue weighted by atomic mass is 32.2. The van der Waals surface area contributed by atoms with Crippen molar-refractivity contribution >= 4 is 35.4 Å². The van der Waals surface area contributed by atoms with Gasteiger partial charge in [0.1, 0.15) is 0 Å². The molecule has 0 aromatic heterocycles. The van der Waals surface area contributed by atoms with Gasteiger partial charge in [0.05, 0.1) is 24.7 Å². The first kappa shape index (κ1) is 18.9. The third-order valence-electron chi connectivity index (χ3n) is 4.21. The van der Waals surface area contributed by atoms with E-state index in [1.165, 1.54) is 0 Å². The summed E-state index contributed by atoms with van der Waals surface area (Å²) in [5.74, 6) is 3.60. The van der Waals surface area contributed by atoms with Gasteiger partial charge in [-0.3, -0.25) is 4.79 Å². The number of carbonyl (C=O) groups is 1. The molecule has 0 N–H and O–H groups in total. The van der Waals surface area contributed by atoms with Crippen LogP contribution in [0.25, 0.3) is 6.08 Å². The smallest absolute Gasteiger partial charge is 0.171 e. The maximum atomic E-state index is 13.1. The number of Topliss-reactive ketones (excluding diaryl/α,β-unsaturated/α-hetero) is 1. The van der Waals surface area contributed by atoms with Crippen LogP contribution in [0.5, 0.6) is 11.5 Å². The molecule has 1 aliphatic heterocycles. The van der Waals surface area contributed by atoms with Gasteiger partial charge in [0.2, 0.25) is 0 Å². The second-order valence-corrected chi connectivity index (χ2v) is 8.64. The Hall–Kier alpha value is -1.85. The SMILES string of the molecule is COc1ccc(/C=C/C(C(=O)c2ccccc2)C2SCCS2)cc1OC. The van der Waals surface area contributed by atoms with Crippen LogP contribution in [-0.2, 0) is 0 Å². The van der Waals surface area contributed by atoms with Gasteiger partial charge in [-0.05, 0) is 17.7 Å². The number of hydrogen-bond donors (Lipinski definition) is 0. The van der Waals surface area contributed by atoms with Crippen molar-refractivity contribution in [2.75, 3.05) is 25.7 Å². The summed E-state index contributed by atoms with van der Waals surface area (Å²) in [5, 5.41) is 0. The van der Waals surface area contributed by atoms with Crippen molar-refractivity contribution in [2.24, 2.45) is 5.92 Å². The van der Waals surface area contributed by atoms with Crippen molar-refractivity contribution in [2.45, 2.75) is 4.58 Å². The van der Waals surface area contributed by atoms with Crippen LogP contribution < -0.4 is 9.47 Å². The molecule has 0 bridgehead atoms. The summed E-state index contributed by atoms with van der Waals surface area (Å²) in [5.41, 5.74) is 1.75. The maximum Gasteiger partial charge on any atom is 0.171 e. The van der Waals surface area contributed by atoms with Crippen LogP contribution in [0.15, 0.2) is 54.6 Å². The fourth-order valence-electron chi connectivity index (χ4n) is 2.85. The normalized spacial score (nSPS) is 15.9. The van der Waals surface area contributed by atoms with Gasteiger partial charge in [-0.15, -0.1) is 23.5 Å². The maximum absolute atomic E-state index is 13.1. The van der Waals surface area contributed by atoms with Gasteiger partial charge in [0.15, 0.2) is 17.3 Å². The van der Waals surface area contributed by atoms with Crippen LogP contribution in [0, 0.1) is 5.92 Å². The van der Waals surface area contributed by atoms with Crippen molar-refractivity contribution < 1.29 is 14.3 Å². The van der Waals surface area contributed by atoms with Crippen LogP contribution in [0.1, 0.15) is 15.9 Å². The molecule has 0 radical (unpaired) electrons. The van der Waals surface area contributed by atoms with Crippen molar-refractivity contribution in [3.63, 3.8) is 0 Å². The zero-order chi connectivity index (χ0) is 18.4. The molecule has 26 heavy (non-hydrogen) atoms. The molecule has 3 rings (SSSR count). The lowest BCUT2D eigenvalue weighted by Gasteiger charge is -2.18. The van der Waals surface area contributed by atoms with Crippen LogP contribution in [0.3, 0.4) is 0 Å². The number of ether oxygens (including phenoxy) is 2. The molecule has 0 aliphatic carbocycles. The molecule has 0 spiro atoms. The summed E-state index contributed by atoms with van der Waals surface area (Å²) >= 11 is 3.74. The number of methoxy groups -OCH3 is 2. The van der Waals surface area contributed by atoms with Gasteiger partial charge in [-0.1, -0.05) is 48.6 Å². The molecule has 0 saturated carbocycles. The van der Waals surface area contributed by atoms with E-state index in [0.29, 0.717) is 11.5 Å². The Labute approximate surface area is 163 Å². The predicted molar refractivity (Wildman–Crippen MR) is 112 cm³/mol. The first-order chi connectivity index (χ1) is 12.7. The van der Waals surface area contributed by atoms with E-state index in [4.69, 9.17) is 9.47 Å². The first-order valence-electron chi connectivity index (χ1n) is 8.45. The van der Waals surface area contributed by atoms with Crippen molar-refractivity contribution in [1.29, 1.82) is 0 Å². The zero-order valence-electron chi connectivity index (χ0n) is 14.9. The second-order valence-electron chi connectivity index (χ2n) is 5.84. The quantitative estimate of drug-likeness (QED) is 0.624. The Bertz CT molecular complexity index is 768. The van der Waals surface area contributed by atoms with Crippen LogP contribution in [0.2, 0.25) is 0 Å². The third kappa shape index (κ3) is 4.46. The molecule has 1 aliphatic rings. The average molecular weight is 387 g/mol. The predicted octanol–water partition coefficient (Wildman–Crippen LogP) is 5.02. The first-order valence-corrected chi connectivity index (χ1v) is 10.6. The number of carbonyl (C=O) groups excluding carboxylic acids is 1. The molecule has 5 heteroatoms. The minimum absolute atomic E-state index is 0.150. The summed E-state index contributed by atoms with van der Waals surface area (Å²) in [6.45, 7) is 0. The number of hydrogen-bond acceptors (Lipinski definition) is 5. The van der Waals surface area contributed by atoms with Crippen LogP contribution >= 0.6 is 23.5 Å². The number of benzene rings is 2. The molecule has 2 aromatic rings. The summed E-state index contributed by atoms with van der Waals surface area (Å²) in [6.07, 6.45) is 4.04. The fourth-order valence-corrected chi connectivity index (χ4v) is 5.89. The largest absolute Gasteiger partial charge is 0.493 e. The Morgan fingerprint density at radius 2 is 1.73 bits per heavy atom. The average Bonchev–Trinajstić information content (AvgIpc) is 3.23. The Kier molecular flexibility index (Phi) is 6.69. The minimum atomic E-state index is -0.150. The number of ketones is 1. The van der Waals surface area contributed by atoms with Gasteiger partial charge in [0, 0.05) is 17.1 Å². The van der Waals surface area contributed by atoms with Crippen molar-refractivity contribution in [3.05, 3.63) is 65.7 Å². The molecule has 1 saturated heterocycles. The highest BCUT2D eigenvalue weighted by Gasteiger charge is 2.30. The number of rotatable bonds is 7. The topological polar surface area (TPSA) is 35.5 Å². The van der Waals surface area contributed by atoms with E-state index in [1.807, 2.05) is 84.2 Å². The minimum Gasteiger partial charge on any atom is -0.493 e. The van der Waals surface area contributed by atoms with Gasteiger partial charge < -0.3 is 9.47 Å². The monoisotopic (exact) mass is 386 g/mol. The lowest BCUT2D eigenvalue weighted by atomic mass is 9.97. The van der Waals surface area contributed by atoms with E-state index in [9.17, 15) is 4.79 Å². The molecule has 1 heterocycles. The molecule has 1 unspecified atom stereocenters. The molecular weight excluding hydrogens is 364 g/mol. The number of thioether (sulfide) groups is 2. The van der Waals surface area contributed by atoms with Crippen molar-refractivity contribution in [3.8, 4) is 11.5 Å². The van der Waals surface area contributed by atoms with Gasteiger partial charge in [0.25, 0.3) is 0 Å². The Balaban J connectivity index is 1.86. The highest BCUT2D eigenvalue weighted by molar-refractivity contribution is 8.20. The van der Waals surface area contributed by atoms with Crippen molar-refractivity contribution in [1.82, 2.24) is 0 Å². The van der Waals surface area contributed by atoms with E-state index >= 15 is 0 Å². The lowest BCUT2D eigenvalue weighted by molar-refractivity contribution is 0.0952.